The highest BCUT2D eigenvalue weighted by atomic mass is 15.2. The van der Waals surface area contributed by atoms with Gasteiger partial charge in [-0.3, -0.25) is 0 Å². The Balaban J connectivity index is 1.10. The minimum absolute atomic E-state index is 0.0739. The van der Waals surface area contributed by atoms with Crippen LogP contribution in [0.3, 0.4) is 0 Å². The second kappa shape index (κ2) is 11.8. The highest BCUT2D eigenvalue weighted by Crippen LogP contribution is 2.72. The van der Waals surface area contributed by atoms with Gasteiger partial charge in [0.25, 0.3) is 0 Å². The number of hydrogen-bond donors (Lipinski definition) is 0. The Kier molecular flexibility index (Phi) is 7.48. The topological polar surface area (TPSA) is 32.0 Å². The van der Waals surface area contributed by atoms with E-state index in [0.717, 1.165) is 32.1 Å². The molecule has 3 aromatic rings. The Hall–Kier alpha value is -4.29. The van der Waals surface area contributed by atoms with E-state index in [4.69, 9.17) is 0 Å². The molecule has 1 aliphatic heterocycles. The van der Waals surface area contributed by atoms with Gasteiger partial charge in [-0.1, -0.05) is 78.4 Å². The van der Waals surface area contributed by atoms with Crippen LogP contribution >= 0.6 is 0 Å². The maximum absolute atomic E-state index is 9.58. The predicted molar refractivity (Wildman–Crippen MR) is 191 cm³/mol. The van der Waals surface area contributed by atoms with E-state index in [0.29, 0.717) is 23.3 Å². The van der Waals surface area contributed by atoms with E-state index in [9.17, 15) is 5.26 Å². The average molecular weight is 604 g/mol. The molecular weight excluding hydrogens is 558 g/mol. The van der Waals surface area contributed by atoms with Gasteiger partial charge in [-0.05, 0) is 130 Å². The van der Waals surface area contributed by atoms with Crippen molar-refractivity contribution in [3.05, 3.63) is 131 Å². The van der Waals surface area contributed by atoms with Crippen molar-refractivity contribution < 1.29 is 0 Å². The fourth-order valence-electron chi connectivity index (χ4n) is 9.46. The van der Waals surface area contributed by atoms with Crippen LogP contribution in [-0.2, 0) is 12.8 Å². The van der Waals surface area contributed by atoms with Gasteiger partial charge in [-0.25, -0.2) is 0 Å². The fourth-order valence-corrected chi connectivity index (χ4v) is 9.46. The first-order valence-electron chi connectivity index (χ1n) is 17.6. The molecule has 4 aliphatic carbocycles. The lowest BCUT2D eigenvalue weighted by atomic mass is 9.73. The number of hydrogen-bond acceptors (Lipinski definition) is 2. The van der Waals surface area contributed by atoms with Crippen molar-refractivity contribution in [3.8, 4) is 6.07 Å². The average Bonchev–Trinajstić information content (AvgIpc) is 3.61. The zero-order chi connectivity index (χ0) is 31.3. The van der Waals surface area contributed by atoms with E-state index in [1.54, 1.807) is 16.8 Å². The molecule has 0 radical (unpaired) electrons. The zero-order valence-corrected chi connectivity index (χ0v) is 27.3. The number of rotatable bonds is 7. The number of allylic oxidation sites excluding steroid dienone is 11. The van der Waals surface area contributed by atoms with Crippen LogP contribution in [0.15, 0.2) is 114 Å². The molecule has 0 N–H and O–H groups in total. The molecule has 2 heterocycles. The van der Waals surface area contributed by atoms with Gasteiger partial charge in [-0.15, -0.1) is 0 Å². The number of aromatic nitrogens is 1. The number of nitriles is 1. The molecule has 3 nitrogen and oxygen atoms in total. The quantitative estimate of drug-likeness (QED) is 0.252. The molecule has 2 aromatic carbocycles. The third-order valence-electron chi connectivity index (χ3n) is 11.7. The van der Waals surface area contributed by atoms with Crippen molar-refractivity contribution in [1.29, 1.82) is 5.26 Å². The van der Waals surface area contributed by atoms with E-state index in [2.05, 4.69) is 114 Å². The van der Waals surface area contributed by atoms with Gasteiger partial charge in [0.05, 0.1) is 17.5 Å². The van der Waals surface area contributed by atoms with E-state index < -0.39 is 0 Å². The van der Waals surface area contributed by atoms with Crippen molar-refractivity contribution in [2.24, 2.45) is 17.3 Å². The summed E-state index contributed by atoms with van der Waals surface area (Å²) in [6.45, 7) is 4.10. The smallest absolute Gasteiger partial charge is 0.0700 e. The summed E-state index contributed by atoms with van der Waals surface area (Å²) in [6.07, 6.45) is 30.5. The summed E-state index contributed by atoms with van der Waals surface area (Å²) in [5.41, 5.74) is 12.1. The molecule has 5 atom stereocenters. The normalized spacial score (nSPS) is 28.2. The lowest BCUT2D eigenvalue weighted by molar-refractivity contribution is 0.396. The Morgan fingerprint density at radius 1 is 1.04 bits per heavy atom. The second-order valence-corrected chi connectivity index (χ2v) is 14.1. The van der Waals surface area contributed by atoms with Crippen LogP contribution < -0.4 is 4.90 Å². The standard InChI is InChI=1S/C43H45N3/c1-3-5-12-36-26-32-19-20-33(27-41(32)45(36)35-21-17-30(18-22-35)25-31(29-44)11-4-2)43-24-23-40-42(38(43)28-43)37-15-9-10-16-39(37)46(40)34-13-7-6-8-14-34/h3-7,9-13,15-18,20-22,31-32,38,41H,8,14,19,23-28H2,1-2H3/b5-3-,11-4-,36-12+/t31?,32-,38+,41-,43?/m1/s1. The molecule has 1 saturated heterocycles. The molecule has 2 unspecified atom stereocenters. The van der Waals surface area contributed by atoms with Gasteiger partial charge in [0.2, 0.25) is 0 Å². The SMILES string of the molecule is C/C=C\C=C1/C[C@H]2CC=C(C34CCc5c(c6ccccc6n5C5=CC=CCC5)[C@@H]3C4)C[C@H]2N1c1ccc(CC(C#N)/C=C\C)cc1. The maximum Gasteiger partial charge on any atom is 0.0700 e. The second-order valence-electron chi connectivity index (χ2n) is 14.1. The zero-order valence-electron chi connectivity index (χ0n) is 27.3. The summed E-state index contributed by atoms with van der Waals surface area (Å²) in [7, 11) is 0. The molecule has 0 spiro atoms. The summed E-state index contributed by atoms with van der Waals surface area (Å²) in [5, 5.41) is 11.1. The number of fused-ring (bicyclic) bond motifs is 6. The van der Waals surface area contributed by atoms with Crippen LogP contribution in [0.4, 0.5) is 5.69 Å². The summed E-state index contributed by atoms with van der Waals surface area (Å²) >= 11 is 0. The predicted octanol–water partition coefficient (Wildman–Crippen LogP) is 10.6. The molecule has 232 valence electrons. The van der Waals surface area contributed by atoms with Gasteiger partial charge in [0, 0.05) is 34.2 Å². The summed E-state index contributed by atoms with van der Waals surface area (Å²) in [5.74, 6) is 1.22. The van der Waals surface area contributed by atoms with Crippen molar-refractivity contribution in [2.45, 2.75) is 83.6 Å². The lowest BCUT2D eigenvalue weighted by Gasteiger charge is -2.37. The monoisotopic (exact) mass is 603 g/mol. The molecule has 2 fully saturated rings. The molecule has 1 aromatic heterocycles. The van der Waals surface area contributed by atoms with Crippen molar-refractivity contribution in [3.63, 3.8) is 0 Å². The van der Waals surface area contributed by atoms with E-state index in [1.165, 1.54) is 59.2 Å². The minimum Gasteiger partial charge on any atom is -0.341 e. The van der Waals surface area contributed by atoms with Crippen LogP contribution in [0.25, 0.3) is 16.6 Å². The molecule has 46 heavy (non-hydrogen) atoms. The Morgan fingerprint density at radius 3 is 2.70 bits per heavy atom. The van der Waals surface area contributed by atoms with E-state index in [-0.39, 0.29) is 5.92 Å². The Morgan fingerprint density at radius 2 is 1.91 bits per heavy atom. The van der Waals surface area contributed by atoms with Gasteiger partial charge in [0.15, 0.2) is 0 Å². The first-order chi connectivity index (χ1) is 22.6. The highest BCUT2D eigenvalue weighted by molar-refractivity contribution is 5.90. The van der Waals surface area contributed by atoms with Crippen LogP contribution in [0.2, 0.25) is 0 Å². The van der Waals surface area contributed by atoms with Gasteiger partial charge >= 0.3 is 0 Å². The third kappa shape index (κ3) is 4.77. The van der Waals surface area contributed by atoms with Crippen LogP contribution in [-0.4, -0.2) is 10.6 Å². The van der Waals surface area contributed by atoms with Gasteiger partial charge < -0.3 is 9.47 Å². The summed E-state index contributed by atoms with van der Waals surface area (Å²) in [4.78, 5) is 2.67. The number of para-hydroxylation sites is 1. The van der Waals surface area contributed by atoms with Crippen molar-refractivity contribution >= 4 is 22.3 Å². The van der Waals surface area contributed by atoms with Crippen LogP contribution in [0.1, 0.15) is 81.5 Å². The first-order valence-corrected chi connectivity index (χ1v) is 17.6. The van der Waals surface area contributed by atoms with E-state index in [1.807, 2.05) is 19.1 Å². The number of nitrogens with zero attached hydrogens (tertiary/aromatic N) is 3. The molecule has 1 saturated carbocycles. The number of anilines is 1. The molecule has 0 amide bonds. The molecule has 5 aliphatic rings. The molecule has 0 bridgehead atoms. The van der Waals surface area contributed by atoms with Crippen molar-refractivity contribution in [1.82, 2.24) is 4.57 Å². The Labute approximate surface area is 274 Å². The van der Waals surface area contributed by atoms with Crippen LogP contribution in [0.5, 0.6) is 0 Å². The maximum atomic E-state index is 9.58. The molecule has 3 heteroatoms. The Bertz CT molecular complexity index is 1880. The number of benzene rings is 2. The van der Waals surface area contributed by atoms with Crippen LogP contribution in [0, 0.1) is 28.6 Å². The third-order valence-corrected chi connectivity index (χ3v) is 11.7. The van der Waals surface area contributed by atoms with Crippen molar-refractivity contribution in [2.75, 3.05) is 4.90 Å². The lowest BCUT2D eigenvalue weighted by Crippen LogP contribution is -2.36. The van der Waals surface area contributed by atoms with Gasteiger partial charge in [0.1, 0.15) is 0 Å². The molecular formula is C43H45N3. The van der Waals surface area contributed by atoms with Gasteiger partial charge in [-0.2, -0.15) is 5.26 Å². The minimum atomic E-state index is -0.0739. The molecule has 8 rings (SSSR count). The fraction of sp³-hybridized carbons (Fsp3) is 0.372. The van der Waals surface area contributed by atoms with E-state index >= 15 is 0 Å². The largest absolute Gasteiger partial charge is 0.341 e. The summed E-state index contributed by atoms with van der Waals surface area (Å²) < 4.78 is 2.64. The first kappa shape index (κ1) is 29.1. The highest BCUT2D eigenvalue weighted by Gasteiger charge is 2.61. The summed E-state index contributed by atoms with van der Waals surface area (Å²) in [6, 6.07) is 21.2.